The number of alkyl halides is 2. The highest BCUT2D eigenvalue weighted by molar-refractivity contribution is 7.90. The normalized spacial score (nSPS) is 12.5. The van der Waals surface area contributed by atoms with Crippen molar-refractivity contribution in [2.75, 3.05) is 0 Å². The van der Waals surface area contributed by atoms with Crippen molar-refractivity contribution >= 4 is 9.84 Å². The van der Waals surface area contributed by atoms with Gasteiger partial charge in [0.25, 0.3) is 6.43 Å². The van der Waals surface area contributed by atoms with Crippen LogP contribution in [0.3, 0.4) is 0 Å². The molecule has 10 heteroatoms. The van der Waals surface area contributed by atoms with Gasteiger partial charge in [0.1, 0.15) is 12.4 Å². The van der Waals surface area contributed by atoms with E-state index in [2.05, 4.69) is 15.3 Å². The second-order valence-corrected chi connectivity index (χ2v) is 7.09. The van der Waals surface area contributed by atoms with E-state index >= 15 is 0 Å². The number of aromatic nitrogens is 5. The van der Waals surface area contributed by atoms with Crippen LogP contribution in [-0.2, 0) is 29.2 Å². The summed E-state index contributed by atoms with van der Waals surface area (Å²) in [5.41, 5.74) is 0.189. The number of rotatable bonds is 6. The van der Waals surface area contributed by atoms with Crippen LogP contribution < -0.4 is 0 Å². The van der Waals surface area contributed by atoms with Gasteiger partial charge in [-0.3, -0.25) is 4.68 Å². The Morgan fingerprint density at radius 3 is 2.50 bits per heavy atom. The van der Waals surface area contributed by atoms with Crippen molar-refractivity contribution in [2.24, 2.45) is 7.05 Å². The number of sulfone groups is 1. The first-order valence-electron chi connectivity index (χ1n) is 6.63. The number of nitrogens with zero attached hydrogens (tertiary/aromatic N) is 5. The van der Waals surface area contributed by atoms with E-state index in [1.807, 2.05) is 13.8 Å². The van der Waals surface area contributed by atoms with E-state index in [1.54, 1.807) is 7.05 Å². The zero-order chi connectivity index (χ0) is 16.5. The van der Waals surface area contributed by atoms with Crippen molar-refractivity contribution in [1.82, 2.24) is 24.5 Å². The van der Waals surface area contributed by atoms with Gasteiger partial charge in [-0.05, 0) is 6.07 Å². The van der Waals surface area contributed by atoms with Crippen LogP contribution in [0.4, 0.5) is 8.78 Å². The molecule has 7 nitrogen and oxygen atoms in total. The van der Waals surface area contributed by atoms with Gasteiger partial charge in [-0.1, -0.05) is 13.8 Å². The van der Waals surface area contributed by atoms with Gasteiger partial charge in [-0.15, -0.1) is 10.2 Å². The van der Waals surface area contributed by atoms with Gasteiger partial charge in [0.05, 0.1) is 11.4 Å². The summed E-state index contributed by atoms with van der Waals surface area (Å²) in [6, 6.07) is 1.40. The van der Waals surface area contributed by atoms with E-state index in [-0.39, 0.29) is 16.8 Å². The largest absolute Gasteiger partial charge is 0.305 e. The first kappa shape index (κ1) is 16.5. The SMILES string of the molecule is CC(C)c1nnc(S(=O)(=O)Cc2ccnn2CC(F)F)n1C. The Morgan fingerprint density at radius 1 is 1.27 bits per heavy atom. The van der Waals surface area contributed by atoms with Crippen molar-refractivity contribution < 1.29 is 17.2 Å². The molecule has 0 unspecified atom stereocenters. The molecule has 122 valence electrons. The van der Waals surface area contributed by atoms with Crippen molar-refractivity contribution in [3.8, 4) is 0 Å². The van der Waals surface area contributed by atoms with Gasteiger partial charge >= 0.3 is 0 Å². The van der Waals surface area contributed by atoms with E-state index in [0.717, 1.165) is 4.68 Å². The lowest BCUT2D eigenvalue weighted by Gasteiger charge is -2.09. The average Bonchev–Trinajstić information content (AvgIpc) is 2.96. The lowest BCUT2D eigenvalue weighted by atomic mass is 10.2. The summed E-state index contributed by atoms with van der Waals surface area (Å²) in [6.45, 7) is 3.10. The van der Waals surface area contributed by atoms with Crippen LogP contribution in [0.5, 0.6) is 0 Å². The van der Waals surface area contributed by atoms with Crippen LogP contribution in [-0.4, -0.2) is 39.4 Å². The summed E-state index contributed by atoms with van der Waals surface area (Å²) in [5, 5.41) is 11.1. The molecule has 0 aliphatic heterocycles. The molecule has 0 amide bonds. The molecule has 0 aromatic carbocycles. The first-order valence-corrected chi connectivity index (χ1v) is 8.28. The molecule has 22 heavy (non-hydrogen) atoms. The van der Waals surface area contributed by atoms with Gasteiger partial charge < -0.3 is 4.57 Å². The Kier molecular flexibility index (Phi) is 4.59. The third-order valence-electron chi connectivity index (χ3n) is 3.12. The molecule has 0 aliphatic carbocycles. The van der Waals surface area contributed by atoms with Gasteiger partial charge in [0.2, 0.25) is 15.0 Å². The molecule has 2 aromatic rings. The average molecular weight is 333 g/mol. The molecule has 0 fully saturated rings. The lowest BCUT2D eigenvalue weighted by Crippen LogP contribution is -2.17. The summed E-state index contributed by atoms with van der Waals surface area (Å²) in [6.07, 6.45) is -1.31. The molecule has 0 bridgehead atoms. The molecule has 0 saturated carbocycles. The van der Waals surface area contributed by atoms with Gasteiger partial charge in [-0.25, -0.2) is 17.2 Å². The minimum Gasteiger partial charge on any atom is -0.305 e. The maximum Gasteiger partial charge on any atom is 0.257 e. The highest BCUT2D eigenvalue weighted by Crippen LogP contribution is 2.18. The lowest BCUT2D eigenvalue weighted by molar-refractivity contribution is 0.121. The Balaban J connectivity index is 2.31. The van der Waals surface area contributed by atoms with E-state index in [1.165, 1.54) is 16.8 Å². The van der Waals surface area contributed by atoms with Crippen molar-refractivity contribution in [2.45, 2.75) is 43.6 Å². The number of hydrogen-bond donors (Lipinski definition) is 0. The maximum absolute atomic E-state index is 12.5. The van der Waals surface area contributed by atoms with Crippen molar-refractivity contribution in [1.29, 1.82) is 0 Å². The molecular formula is C12H17F2N5O2S. The molecule has 0 radical (unpaired) electrons. The van der Waals surface area contributed by atoms with Crippen LogP contribution in [0.15, 0.2) is 17.4 Å². The Labute approximate surface area is 126 Å². The Morgan fingerprint density at radius 2 is 1.95 bits per heavy atom. The summed E-state index contributed by atoms with van der Waals surface area (Å²) < 4.78 is 52.2. The van der Waals surface area contributed by atoms with Gasteiger partial charge in [-0.2, -0.15) is 5.10 Å². The predicted molar refractivity (Wildman–Crippen MR) is 74.2 cm³/mol. The molecule has 2 heterocycles. The standard InChI is InChI=1S/C12H17F2N5O2S/c1-8(2)11-16-17-12(18(11)3)22(20,21)7-9-4-5-15-19(9)6-10(13)14/h4-5,8,10H,6-7H2,1-3H3. The summed E-state index contributed by atoms with van der Waals surface area (Å²) in [7, 11) is -2.23. The van der Waals surface area contributed by atoms with Gasteiger partial charge in [0.15, 0.2) is 0 Å². The maximum atomic E-state index is 12.5. The third kappa shape index (κ3) is 3.32. The monoisotopic (exact) mass is 333 g/mol. The third-order valence-corrected chi connectivity index (χ3v) is 4.70. The van der Waals surface area contributed by atoms with E-state index < -0.39 is 28.6 Å². The predicted octanol–water partition coefficient (Wildman–Crippen LogP) is 1.37. The van der Waals surface area contributed by atoms with E-state index in [9.17, 15) is 17.2 Å². The molecule has 0 aliphatic rings. The summed E-state index contributed by atoms with van der Waals surface area (Å²) in [4.78, 5) is 0. The molecule has 0 atom stereocenters. The topological polar surface area (TPSA) is 82.7 Å². The minimum atomic E-state index is -3.80. The van der Waals surface area contributed by atoms with Crippen LogP contribution in [0.2, 0.25) is 0 Å². The molecule has 2 rings (SSSR count). The summed E-state index contributed by atoms with van der Waals surface area (Å²) >= 11 is 0. The van der Waals surface area contributed by atoms with Crippen LogP contribution >= 0.6 is 0 Å². The smallest absolute Gasteiger partial charge is 0.257 e. The molecular weight excluding hydrogens is 316 g/mol. The Bertz CT molecular complexity index is 751. The number of hydrogen-bond acceptors (Lipinski definition) is 5. The van der Waals surface area contributed by atoms with E-state index in [0.29, 0.717) is 5.82 Å². The fourth-order valence-corrected chi connectivity index (χ4v) is 3.58. The number of halogens is 2. The summed E-state index contributed by atoms with van der Waals surface area (Å²) in [5.74, 6) is 0.106. The minimum absolute atomic E-state index is 0.0193. The first-order chi connectivity index (χ1) is 10.2. The quantitative estimate of drug-likeness (QED) is 0.797. The fraction of sp³-hybridized carbons (Fsp3) is 0.583. The van der Waals surface area contributed by atoms with E-state index in [4.69, 9.17) is 0 Å². The van der Waals surface area contributed by atoms with Crippen LogP contribution in [0.25, 0.3) is 0 Å². The van der Waals surface area contributed by atoms with Gasteiger partial charge in [0, 0.05) is 19.2 Å². The van der Waals surface area contributed by atoms with Crippen molar-refractivity contribution in [3.63, 3.8) is 0 Å². The zero-order valence-electron chi connectivity index (χ0n) is 12.4. The van der Waals surface area contributed by atoms with Crippen LogP contribution in [0, 0.1) is 0 Å². The fourth-order valence-electron chi connectivity index (χ4n) is 2.14. The molecule has 2 aromatic heterocycles. The zero-order valence-corrected chi connectivity index (χ0v) is 13.3. The molecule has 0 spiro atoms. The Hall–Kier alpha value is -1.84. The highest BCUT2D eigenvalue weighted by Gasteiger charge is 2.26. The van der Waals surface area contributed by atoms with Crippen molar-refractivity contribution in [3.05, 3.63) is 23.8 Å². The molecule has 0 N–H and O–H groups in total. The molecule has 0 saturated heterocycles. The second-order valence-electron chi connectivity index (χ2n) is 5.21. The van der Waals surface area contributed by atoms with Crippen LogP contribution in [0.1, 0.15) is 31.3 Å². The highest BCUT2D eigenvalue weighted by atomic mass is 32.2. The second kappa shape index (κ2) is 6.11.